The topological polar surface area (TPSA) is 142 Å². The van der Waals surface area contributed by atoms with Crippen molar-refractivity contribution in [2.45, 2.75) is 44.1 Å². The number of hydrogen-bond donors (Lipinski definition) is 3. The van der Waals surface area contributed by atoms with Crippen LogP contribution in [0.15, 0.2) is 42.0 Å². The number of aliphatic hydroxyl groups is 2. The predicted molar refractivity (Wildman–Crippen MR) is 146 cm³/mol. The Morgan fingerprint density at radius 1 is 1.20 bits per heavy atom. The van der Waals surface area contributed by atoms with Crippen molar-refractivity contribution in [2.24, 2.45) is 0 Å². The molecule has 0 radical (unpaired) electrons. The molecule has 1 aliphatic heterocycles. The van der Waals surface area contributed by atoms with E-state index in [0.717, 1.165) is 4.90 Å². The second-order valence-corrected chi connectivity index (χ2v) is 10.2. The molecule has 3 N–H and O–H groups in total. The number of halogens is 2. The number of carbonyl (C=O) groups is 4. The lowest BCUT2D eigenvalue weighted by Crippen LogP contribution is -2.56. The Balaban J connectivity index is 1.86. The minimum absolute atomic E-state index is 0.0520. The fourth-order valence-corrected chi connectivity index (χ4v) is 5.48. The maximum atomic E-state index is 13.4. The summed E-state index contributed by atoms with van der Waals surface area (Å²) in [5.41, 5.74) is 1.30. The minimum atomic E-state index is -1.41. The van der Waals surface area contributed by atoms with Gasteiger partial charge >= 0.3 is 0 Å². The number of fused-ring (bicyclic) bond motifs is 3. The smallest absolute Gasteiger partial charge is 0.290 e. The van der Waals surface area contributed by atoms with E-state index in [1.807, 2.05) is 0 Å². The van der Waals surface area contributed by atoms with Gasteiger partial charge in [-0.25, -0.2) is 0 Å². The van der Waals surface area contributed by atoms with Crippen LogP contribution in [0.2, 0.25) is 10.0 Å². The third kappa shape index (κ3) is 5.57. The van der Waals surface area contributed by atoms with Crippen LogP contribution in [0.1, 0.15) is 40.7 Å². The van der Waals surface area contributed by atoms with E-state index >= 15 is 0 Å². The summed E-state index contributed by atoms with van der Waals surface area (Å²) >= 11 is 12.4. The molecule has 4 rings (SSSR count). The highest BCUT2D eigenvalue weighted by Crippen LogP contribution is 2.51. The maximum absolute atomic E-state index is 13.4. The fourth-order valence-electron chi connectivity index (χ4n) is 5.02. The zero-order valence-corrected chi connectivity index (χ0v) is 23.2. The van der Waals surface area contributed by atoms with E-state index in [0.29, 0.717) is 22.4 Å². The summed E-state index contributed by atoms with van der Waals surface area (Å²) in [5.74, 6) is -2.52. The lowest BCUT2D eigenvalue weighted by atomic mass is 9.77. The molecule has 2 aliphatic rings. The van der Waals surface area contributed by atoms with Crippen LogP contribution in [0.4, 0.5) is 0 Å². The third-order valence-corrected chi connectivity index (χ3v) is 7.53. The normalized spacial score (nSPS) is 20.9. The number of hydrogen-bond acceptors (Lipinski definition) is 8. The number of carbonyl (C=O) groups excluding carboxylic acids is 4. The number of rotatable bonds is 10. The molecule has 0 fully saturated rings. The Hall–Kier alpha value is -3.44. The van der Waals surface area contributed by atoms with E-state index in [1.54, 1.807) is 18.2 Å². The SMILES string of the molecule is CCC(=O)C(=O)N(Cc1ccc(Cl)cc1Cl)C1C=C(C(=O)NCCO)C2c3cc(C=O)cc(OC)c3OC2C1O. The molecule has 4 unspecified atom stereocenters. The molecule has 0 saturated heterocycles. The molecule has 1 heterocycles. The zero-order valence-electron chi connectivity index (χ0n) is 21.7. The summed E-state index contributed by atoms with van der Waals surface area (Å²) in [7, 11) is 1.39. The van der Waals surface area contributed by atoms with Gasteiger partial charge in [0, 0.05) is 46.3 Å². The van der Waals surface area contributed by atoms with Crippen LogP contribution in [0.3, 0.4) is 0 Å². The molecule has 0 spiro atoms. The highest BCUT2D eigenvalue weighted by Gasteiger charge is 2.51. The van der Waals surface area contributed by atoms with Gasteiger partial charge in [0.2, 0.25) is 11.7 Å². The molecule has 40 heavy (non-hydrogen) atoms. The van der Waals surface area contributed by atoms with Gasteiger partial charge in [0.05, 0.1) is 25.7 Å². The minimum Gasteiger partial charge on any atom is -0.493 e. The summed E-state index contributed by atoms with van der Waals surface area (Å²) in [6.07, 6.45) is -0.527. The molecular weight excluding hydrogens is 563 g/mol. The van der Waals surface area contributed by atoms with E-state index in [-0.39, 0.29) is 53.8 Å². The molecular formula is C28H28Cl2N2O8. The molecule has 12 heteroatoms. The van der Waals surface area contributed by atoms with Crippen LogP contribution in [-0.4, -0.2) is 77.5 Å². The van der Waals surface area contributed by atoms with Crippen LogP contribution in [0.25, 0.3) is 0 Å². The largest absolute Gasteiger partial charge is 0.493 e. The highest BCUT2D eigenvalue weighted by atomic mass is 35.5. The molecule has 1 aliphatic carbocycles. The van der Waals surface area contributed by atoms with Crippen molar-refractivity contribution in [2.75, 3.05) is 20.3 Å². The lowest BCUT2D eigenvalue weighted by Gasteiger charge is -2.40. The lowest BCUT2D eigenvalue weighted by molar-refractivity contribution is -0.148. The fraction of sp³-hybridized carbons (Fsp3) is 0.357. The summed E-state index contributed by atoms with van der Waals surface area (Å²) in [5, 5.41) is 24.1. The quantitative estimate of drug-likeness (QED) is 0.283. The molecule has 0 saturated carbocycles. The molecule has 0 bridgehead atoms. The number of amides is 2. The average molecular weight is 591 g/mol. The Morgan fingerprint density at radius 2 is 1.95 bits per heavy atom. The molecule has 212 valence electrons. The van der Waals surface area contributed by atoms with E-state index in [9.17, 15) is 29.4 Å². The predicted octanol–water partition coefficient (Wildman–Crippen LogP) is 2.45. The zero-order chi connectivity index (χ0) is 29.1. The second-order valence-electron chi connectivity index (χ2n) is 9.35. The Labute approximate surface area is 240 Å². The Kier molecular flexibility index (Phi) is 9.15. The van der Waals surface area contributed by atoms with Crippen molar-refractivity contribution < 1.29 is 38.9 Å². The van der Waals surface area contributed by atoms with Gasteiger partial charge in [-0.3, -0.25) is 19.2 Å². The molecule has 0 aromatic heterocycles. The number of methoxy groups -OCH3 is 1. The molecule has 2 aromatic carbocycles. The van der Waals surface area contributed by atoms with Gasteiger partial charge in [-0.1, -0.05) is 36.2 Å². The number of aldehydes is 1. The summed E-state index contributed by atoms with van der Waals surface area (Å²) in [4.78, 5) is 52.1. The van der Waals surface area contributed by atoms with Crippen LogP contribution < -0.4 is 14.8 Å². The first kappa shape index (κ1) is 29.5. The number of benzene rings is 2. The van der Waals surface area contributed by atoms with Gasteiger partial charge in [-0.2, -0.15) is 0 Å². The van der Waals surface area contributed by atoms with Gasteiger partial charge in [0.25, 0.3) is 5.91 Å². The van der Waals surface area contributed by atoms with Crippen LogP contribution >= 0.6 is 23.2 Å². The Morgan fingerprint density at radius 3 is 2.58 bits per heavy atom. The summed E-state index contributed by atoms with van der Waals surface area (Å²) < 4.78 is 11.5. The van der Waals surface area contributed by atoms with Gasteiger partial charge in [0.15, 0.2) is 11.5 Å². The molecule has 10 nitrogen and oxygen atoms in total. The standard InChI is InChI=1S/C28H28Cl2N2O8/c1-3-21(35)28(38)32(12-15-4-5-16(29)10-19(15)30)20-11-18(27(37)31-6-7-33)23-17-8-14(13-34)9-22(39-2)25(17)40-26(23)24(20)36/h4-5,8-11,13,20,23-24,26,33,36H,3,6-7,12H2,1-2H3,(H,31,37). The van der Waals surface area contributed by atoms with E-state index in [1.165, 1.54) is 32.2 Å². The molecule has 2 amide bonds. The van der Waals surface area contributed by atoms with E-state index < -0.39 is 41.8 Å². The number of nitrogens with zero attached hydrogens (tertiary/aromatic N) is 1. The maximum Gasteiger partial charge on any atom is 0.290 e. The number of ketones is 1. The van der Waals surface area contributed by atoms with Crippen molar-refractivity contribution in [3.8, 4) is 11.5 Å². The highest BCUT2D eigenvalue weighted by molar-refractivity contribution is 6.36. The number of ether oxygens (including phenoxy) is 2. The van der Waals surface area contributed by atoms with Crippen molar-refractivity contribution in [3.63, 3.8) is 0 Å². The average Bonchev–Trinajstić information content (AvgIpc) is 3.34. The van der Waals surface area contributed by atoms with Crippen LogP contribution in [0.5, 0.6) is 11.5 Å². The second kappa shape index (κ2) is 12.4. The first-order chi connectivity index (χ1) is 19.1. The number of nitrogens with one attached hydrogen (secondary N) is 1. The van der Waals surface area contributed by atoms with E-state index in [4.69, 9.17) is 32.7 Å². The first-order valence-electron chi connectivity index (χ1n) is 12.5. The van der Waals surface area contributed by atoms with Crippen molar-refractivity contribution >= 4 is 47.1 Å². The summed E-state index contributed by atoms with van der Waals surface area (Å²) in [6.45, 7) is 0.995. The van der Waals surface area contributed by atoms with Gasteiger partial charge < -0.3 is 29.9 Å². The van der Waals surface area contributed by atoms with E-state index in [2.05, 4.69) is 5.32 Å². The van der Waals surface area contributed by atoms with Crippen LogP contribution in [-0.2, 0) is 20.9 Å². The van der Waals surface area contributed by atoms with Gasteiger partial charge in [0.1, 0.15) is 18.5 Å². The van der Waals surface area contributed by atoms with Gasteiger partial charge in [-0.15, -0.1) is 0 Å². The summed E-state index contributed by atoms with van der Waals surface area (Å²) in [6, 6.07) is 6.51. The van der Waals surface area contributed by atoms with Crippen molar-refractivity contribution in [1.29, 1.82) is 0 Å². The monoisotopic (exact) mass is 590 g/mol. The van der Waals surface area contributed by atoms with Crippen molar-refractivity contribution in [3.05, 3.63) is 68.7 Å². The first-order valence-corrected chi connectivity index (χ1v) is 13.3. The molecule has 2 aromatic rings. The Bertz CT molecular complexity index is 1380. The third-order valence-electron chi connectivity index (χ3n) is 6.95. The van der Waals surface area contributed by atoms with Gasteiger partial charge in [-0.05, 0) is 35.9 Å². The number of aliphatic hydroxyl groups excluding tert-OH is 2. The van der Waals surface area contributed by atoms with Crippen LogP contribution in [0, 0.1) is 0 Å². The van der Waals surface area contributed by atoms with Crippen molar-refractivity contribution in [1.82, 2.24) is 10.2 Å². The molecule has 4 atom stereocenters. The number of Topliss-reactive ketones (excluding diaryl/α,β-unsaturated/α-hetero) is 1.